The van der Waals surface area contributed by atoms with E-state index in [1.165, 1.54) is 0 Å². The van der Waals surface area contributed by atoms with Gasteiger partial charge in [-0.3, -0.25) is 0 Å². The highest BCUT2D eigenvalue weighted by atomic mass is 35.5. The van der Waals surface area contributed by atoms with Crippen molar-refractivity contribution in [3.8, 4) is 0 Å². The second kappa shape index (κ2) is 7.16. The summed E-state index contributed by atoms with van der Waals surface area (Å²) in [5.74, 6) is 0.628. The Labute approximate surface area is 129 Å². The van der Waals surface area contributed by atoms with Gasteiger partial charge in [0.05, 0.1) is 0 Å². The fourth-order valence-electron chi connectivity index (χ4n) is 1.84. The highest BCUT2D eigenvalue weighted by Gasteiger charge is 2.10. The summed E-state index contributed by atoms with van der Waals surface area (Å²) in [4.78, 5) is 5.51. The molecule has 0 saturated heterocycles. The maximum absolute atomic E-state index is 6.34. The van der Waals surface area contributed by atoms with Crippen LogP contribution in [0.2, 0.25) is 5.02 Å². The summed E-state index contributed by atoms with van der Waals surface area (Å²) in [6, 6.07) is 6.02. The maximum atomic E-state index is 6.34. The summed E-state index contributed by atoms with van der Waals surface area (Å²) < 4.78 is 2.01. The first-order valence-corrected chi connectivity index (χ1v) is 7.90. The number of benzene rings is 1. The summed E-state index contributed by atoms with van der Waals surface area (Å²) in [5, 5.41) is 5.23. The molecule has 0 unspecified atom stereocenters. The van der Waals surface area contributed by atoms with Crippen LogP contribution in [0.1, 0.15) is 19.4 Å². The van der Waals surface area contributed by atoms with Gasteiger partial charge in [-0.05, 0) is 30.2 Å². The lowest BCUT2D eigenvalue weighted by molar-refractivity contribution is 0.550. The normalized spacial score (nSPS) is 11.2. The molecule has 3 nitrogen and oxygen atoms in total. The number of nitrogens with zero attached hydrogens (tertiary/aromatic N) is 2. The van der Waals surface area contributed by atoms with Crippen LogP contribution >= 0.6 is 23.4 Å². The van der Waals surface area contributed by atoms with Crippen LogP contribution in [0.3, 0.4) is 0 Å². The Morgan fingerprint density at radius 2 is 2.20 bits per heavy atom. The number of aryl methyl sites for hydroxylation is 1. The van der Waals surface area contributed by atoms with Gasteiger partial charge in [-0.1, -0.05) is 43.3 Å². The lowest BCUT2D eigenvalue weighted by Gasteiger charge is -2.13. The van der Waals surface area contributed by atoms with Crippen LogP contribution in [0.4, 0.5) is 0 Å². The number of nitrogens with one attached hydrogen (secondary N) is 1. The van der Waals surface area contributed by atoms with Gasteiger partial charge in [0.1, 0.15) is 0 Å². The topological polar surface area (TPSA) is 29.9 Å². The van der Waals surface area contributed by atoms with Crippen molar-refractivity contribution in [3.63, 3.8) is 0 Å². The molecule has 0 aliphatic carbocycles. The Kier molecular flexibility index (Phi) is 5.52. The van der Waals surface area contributed by atoms with Gasteiger partial charge in [0, 0.05) is 35.9 Å². The Morgan fingerprint density at radius 1 is 1.40 bits per heavy atom. The predicted molar refractivity (Wildman–Crippen MR) is 85.3 cm³/mol. The van der Waals surface area contributed by atoms with E-state index in [0.29, 0.717) is 5.92 Å². The second-order valence-corrected chi connectivity index (χ2v) is 6.58. The van der Waals surface area contributed by atoms with Gasteiger partial charge in [-0.2, -0.15) is 0 Å². The fraction of sp³-hybridized carbons (Fsp3) is 0.400. The Hall–Kier alpha value is -0.970. The van der Waals surface area contributed by atoms with Gasteiger partial charge in [0.25, 0.3) is 0 Å². The molecule has 0 bridgehead atoms. The molecule has 20 heavy (non-hydrogen) atoms. The van der Waals surface area contributed by atoms with Gasteiger partial charge in [-0.25, -0.2) is 4.98 Å². The van der Waals surface area contributed by atoms with Crippen molar-refractivity contribution >= 4 is 23.4 Å². The van der Waals surface area contributed by atoms with Crippen LogP contribution in [-0.4, -0.2) is 16.1 Å². The number of hydrogen-bond acceptors (Lipinski definition) is 3. The summed E-state index contributed by atoms with van der Waals surface area (Å²) in [6.07, 6.45) is 3.76. The minimum atomic E-state index is 0.628. The van der Waals surface area contributed by atoms with E-state index in [1.54, 1.807) is 11.8 Å². The third-order valence-corrected chi connectivity index (χ3v) is 4.44. The number of hydrogen-bond donors (Lipinski definition) is 1. The maximum Gasteiger partial charge on any atom is 0.172 e. The Morgan fingerprint density at radius 3 is 2.85 bits per heavy atom. The molecule has 0 spiro atoms. The van der Waals surface area contributed by atoms with E-state index in [-0.39, 0.29) is 0 Å². The number of aromatic nitrogens is 2. The van der Waals surface area contributed by atoms with Gasteiger partial charge in [-0.15, -0.1) is 0 Å². The summed E-state index contributed by atoms with van der Waals surface area (Å²) >= 11 is 7.99. The van der Waals surface area contributed by atoms with Crippen molar-refractivity contribution in [2.45, 2.75) is 30.4 Å². The molecule has 0 amide bonds. The predicted octanol–water partition coefficient (Wildman–Crippen LogP) is 3.97. The molecule has 1 heterocycles. The fourth-order valence-corrected chi connectivity index (χ4v) is 3.10. The second-order valence-electron chi connectivity index (χ2n) is 5.16. The molecule has 0 saturated carbocycles. The van der Waals surface area contributed by atoms with Crippen LogP contribution in [-0.2, 0) is 13.6 Å². The molecule has 2 aromatic rings. The average molecular weight is 310 g/mol. The molecule has 108 valence electrons. The lowest BCUT2D eigenvalue weighted by atomic mass is 10.2. The van der Waals surface area contributed by atoms with Crippen molar-refractivity contribution in [3.05, 3.63) is 41.2 Å². The zero-order valence-electron chi connectivity index (χ0n) is 12.1. The molecule has 0 atom stereocenters. The van der Waals surface area contributed by atoms with Crippen LogP contribution in [0.5, 0.6) is 0 Å². The molecule has 1 aromatic heterocycles. The van der Waals surface area contributed by atoms with Crippen molar-refractivity contribution in [2.24, 2.45) is 13.0 Å². The molecule has 2 rings (SSSR count). The van der Waals surface area contributed by atoms with E-state index >= 15 is 0 Å². The summed E-state index contributed by atoms with van der Waals surface area (Å²) in [7, 11) is 2.00. The van der Waals surface area contributed by atoms with E-state index < -0.39 is 0 Å². The molecular formula is C15H20ClN3S. The molecule has 0 aliphatic heterocycles. The van der Waals surface area contributed by atoms with Crippen LogP contribution in [0, 0.1) is 5.92 Å². The van der Waals surface area contributed by atoms with E-state index in [0.717, 1.165) is 33.7 Å². The van der Waals surface area contributed by atoms with Gasteiger partial charge in [0.15, 0.2) is 5.16 Å². The molecule has 5 heteroatoms. The average Bonchev–Trinajstić information content (AvgIpc) is 2.78. The third kappa shape index (κ3) is 4.01. The lowest BCUT2D eigenvalue weighted by Crippen LogP contribution is -2.19. The van der Waals surface area contributed by atoms with Crippen molar-refractivity contribution in [1.29, 1.82) is 0 Å². The van der Waals surface area contributed by atoms with E-state index in [1.807, 2.05) is 36.1 Å². The third-order valence-electron chi connectivity index (χ3n) is 2.91. The summed E-state index contributed by atoms with van der Waals surface area (Å²) in [6.45, 7) is 6.16. The first-order valence-electron chi connectivity index (χ1n) is 6.71. The van der Waals surface area contributed by atoms with Gasteiger partial charge >= 0.3 is 0 Å². The molecule has 0 aliphatic rings. The molecule has 1 aromatic carbocycles. The standard InChI is InChI=1S/C15H20ClN3S/c1-11(2)9-17-10-12-13(16)5-4-6-14(12)20-15-18-7-8-19(15)3/h4-8,11,17H,9-10H2,1-3H3. The monoisotopic (exact) mass is 309 g/mol. The first-order chi connectivity index (χ1) is 9.58. The van der Waals surface area contributed by atoms with Gasteiger partial charge < -0.3 is 9.88 Å². The SMILES string of the molecule is CC(C)CNCc1c(Cl)cccc1Sc1nccn1C. The first kappa shape index (κ1) is 15.4. The van der Waals surface area contributed by atoms with Crippen LogP contribution in [0.25, 0.3) is 0 Å². The molecule has 0 radical (unpaired) electrons. The number of rotatable bonds is 6. The Balaban J connectivity index is 2.15. The van der Waals surface area contributed by atoms with E-state index in [9.17, 15) is 0 Å². The summed E-state index contributed by atoms with van der Waals surface area (Å²) in [5.41, 5.74) is 1.14. The largest absolute Gasteiger partial charge is 0.329 e. The Bertz CT molecular complexity index is 566. The zero-order chi connectivity index (χ0) is 14.5. The number of imidazole rings is 1. The van der Waals surface area contributed by atoms with Crippen LogP contribution < -0.4 is 5.32 Å². The van der Waals surface area contributed by atoms with E-state index in [2.05, 4.69) is 30.2 Å². The smallest absolute Gasteiger partial charge is 0.172 e. The quantitative estimate of drug-likeness (QED) is 0.875. The highest BCUT2D eigenvalue weighted by Crippen LogP contribution is 2.32. The molecular weight excluding hydrogens is 290 g/mol. The van der Waals surface area contributed by atoms with Crippen molar-refractivity contribution < 1.29 is 0 Å². The minimum Gasteiger partial charge on any atom is -0.329 e. The highest BCUT2D eigenvalue weighted by molar-refractivity contribution is 7.99. The van der Waals surface area contributed by atoms with Crippen LogP contribution in [0.15, 0.2) is 40.6 Å². The van der Waals surface area contributed by atoms with Crippen molar-refractivity contribution in [2.75, 3.05) is 6.54 Å². The zero-order valence-corrected chi connectivity index (χ0v) is 13.6. The van der Waals surface area contributed by atoms with E-state index in [4.69, 9.17) is 11.6 Å². The van der Waals surface area contributed by atoms with Crippen molar-refractivity contribution in [1.82, 2.24) is 14.9 Å². The molecule has 0 fully saturated rings. The number of halogens is 1. The van der Waals surface area contributed by atoms with Gasteiger partial charge in [0.2, 0.25) is 0 Å². The molecule has 1 N–H and O–H groups in total. The minimum absolute atomic E-state index is 0.628.